The first-order valence-electron chi connectivity index (χ1n) is 6.31. The number of rotatable bonds is 2. The van der Waals surface area contributed by atoms with Crippen LogP contribution < -0.4 is 0 Å². The van der Waals surface area contributed by atoms with Gasteiger partial charge in [-0.15, -0.1) is 0 Å². The third-order valence-corrected chi connectivity index (χ3v) is 3.70. The number of thiol groups is 1. The van der Waals surface area contributed by atoms with E-state index in [1.54, 1.807) is 0 Å². The van der Waals surface area contributed by atoms with Crippen molar-refractivity contribution in [2.75, 3.05) is 5.75 Å². The summed E-state index contributed by atoms with van der Waals surface area (Å²) >= 11 is 4.39. The van der Waals surface area contributed by atoms with E-state index in [1.807, 2.05) is 0 Å². The summed E-state index contributed by atoms with van der Waals surface area (Å²) in [6.45, 7) is 5.25. The molecule has 2 heteroatoms. The van der Waals surface area contributed by atoms with Crippen molar-refractivity contribution < 1.29 is 0 Å². The van der Waals surface area contributed by atoms with Gasteiger partial charge in [-0.05, 0) is 37.1 Å². The van der Waals surface area contributed by atoms with Gasteiger partial charge >= 0.3 is 0 Å². The topological polar surface area (TPSA) is 4.93 Å². The average Bonchev–Trinajstić information content (AvgIpc) is 2.63. The van der Waals surface area contributed by atoms with Gasteiger partial charge in [0.15, 0.2) is 0 Å². The van der Waals surface area contributed by atoms with Crippen LogP contribution in [0.1, 0.15) is 11.1 Å². The molecule has 92 valence electrons. The SMILES string of the molecule is Cc1ccc2c3ccc(C)cc3n(CCS)c2c1. The second-order valence-corrected chi connectivity index (χ2v) is 5.36. The Morgan fingerprint density at radius 3 is 1.83 bits per heavy atom. The molecule has 0 radical (unpaired) electrons. The lowest BCUT2D eigenvalue weighted by Gasteiger charge is -2.05. The highest BCUT2D eigenvalue weighted by atomic mass is 32.1. The van der Waals surface area contributed by atoms with Crippen molar-refractivity contribution in [3.05, 3.63) is 47.5 Å². The summed E-state index contributed by atoms with van der Waals surface area (Å²) in [5.74, 6) is 0.862. The molecule has 2 aromatic carbocycles. The zero-order valence-electron chi connectivity index (χ0n) is 10.8. The molecule has 1 heterocycles. The third kappa shape index (κ3) is 1.72. The van der Waals surface area contributed by atoms with Crippen molar-refractivity contribution in [2.45, 2.75) is 20.4 Å². The van der Waals surface area contributed by atoms with Crippen LogP contribution in [-0.2, 0) is 6.54 Å². The number of fused-ring (bicyclic) bond motifs is 3. The molecule has 0 saturated carbocycles. The third-order valence-electron chi connectivity index (χ3n) is 3.50. The fourth-order valence-electron chi connectivity index (χ4n) is 2.66. The van der Waals surface area contributed by atoms with Crippen LogP contribution in [0, 0.1) is 13.8 Å². The molecule has 1 aromatic heterocycles. The first-order valence-corrected chi connectivity index (χ1v) is 6.94. The van der Waals surface area contributed by atoms with Crippen LogP contribution in [0.5, 0.6) is 0 Å². The van der Waals surface area contributed by atoms with Gasteiger partial charge in [-0.3, -0.25) is 0 Å². The summed E-state index contributed by atoms with van der Waals surface area (Å²) in [4.78, 5) is 0. The minimum atomic E-state index is 0.862. The lowest BCUT2D eigenvalue weighted by molar-refractivity contribution is 0.839. The number of nitrogens with zero attached hydrogens (tertiary/aromatic N) is 1. The summed E-state index contributed by atoms with van der Waals surface area (Å²) in [6.07, 6.45) is 0. The van der Waals surface area contributed by atoms with E-state index in [4.69, 9.17) is 0 Å². The molecular weight excluding hydrogens is 238 g/mol. The van der Waals surface area contributed by atoms with Crippen molar-refractivity contribution in [2.24, 2.45) is 0 Å². The summed E-state index contributed by atoms with van der Waals surface area (Å²) in [5.41, 5.74) is 5.26. The molecule has 0 aliphatic heterocycles. The molecule has 3 aromatic rings. The predicted molar refractivity (Wildman–Crippen MR) is 82.8 cm³/mol. The molecule has 1 nitrogen and oxygen atoms in total. The Morgan fingerprint density at radius 1 is 0.889 bits per heavy atom. The molecular formula is C16H17NS. The number of benzene rings is 2. The van der Waals surface area contributed by atoms with E-state index in [2.05, 4.69) is 67.4 Å². The van der Waals surface area contributed by atoms with E-state index in [-0.39, 0.29) is 0 Å². The van der Waals surface area contributed by atoms with Gasteiger partial charge in [-0.1, -0.05) is 24.3 Å². The Labute approximate surface area is 113 Å². The van der Waals surface area contributed by atoms with E-state index < -0.39 is 0 Å². The molecule has 0 bridgehead atoms. The smallest absolute Gasteiger partial charge is 0.0494 e. The molecule has 0 fully saturated rings. The monoisotopic (exact) mass is 255 g/mol. The van der Waals surface area contributed by atoms with Crippen molar-refractivity contribution in [1.82, 2.24) is 4.57 Å². The highest BCUT2D eigenvalue weighted by Crippen LogP contribution is 2.30. The Hall–Kier alpha value is -1.41. The second kappa shape index (κ2) is 4.36. The predicted octanol–water partition coefficient (Wildman–Crippen LogP) is 4.34. The standard InChI is InChI=1S/C16H17NS/c1-11-3-5-13-14-6-4-12(2)10-16(14)17(7-8-18)15(13)9-11/h3-6,9-10,18H,7-8H2,1-2H3. The summed E-state index contributed by atoms with van der Waals surface area (Å²) in [6, 6.07) is 13.4. The van der Waals surface area contributed by atoms with Crippen LogP contribution >= 0.6 is 12.6 Å². The molecule has 0 aliphatic carbocycles. The molecule has 0 N–H and O–H groups in total. The second-order valence-electron chi connectivity index (χ2n) is 4.92. The van der Waals surface area contributed by atoms with Crippen molar-refractivity contribution in [3.63, 3.8) is 0 Å². The quantitative estimate of drug-likeness (QED) is 0.650. The number of hydrogen-bond donors (Lipinski definition) is 1. The summed E-state index contributed by atoms with van der Waals surface area (Å²) in [5, 5.41) is 2.69. The highest BCUT2D eigenvalue weighted by Gasteiger charge is 2.09. The van der Waals surface area contributed by atoms with Crippen LogP contribution in [0.4, 0.5) is 0 Å². The van der Waals surface area contributed by atoms with Crippen molar-refractivity contribution in [3.8, 4) is 0 Å². The Balaban J connectivity index is 2.48. The Morgan fingerprint density at radius 2 is 1.39 bits per heavy atom. The first-order chi connectivity index (χ1) is 8.70. The summed E-state index contributed by atoms with van der Waals surface area (Å²) < 4.78 is 2.39. The summed E-state index contributed by atoms with van der Waals surface area (Å²) in [7, 11) is 0. The number of hydrogen-bond acceptors (Lipinski definition) is 1. The van der Waals surface area contributed by atoms with Gasteiger partial charge in [0.2, 0.25) is 0 Å². The highest BCUT2D eigenvalue weighted by molar-refractivity contribution is 7.80. The number of aryl methyl sites for hydroxylation is 3. The van der Waals surface area contributed by atoms with Gasteiger partial charge in [-0.25, -0.2) is 0 Å². The zero-order chi connectivity index (χ0) is 12.7. The fourth-order valence-corrected chi connectivity index (χ4v) is 2.86. The maximum Gasteiger partial charge on any atom is 0.0494 e. The normalized spacial score (nSPS) is 11.5. The van der Waals surface area contributed by atoms with Crippen LogP contribution in [0.25, 0.3) is 21.8 Å². The molecule has 0 unspecified atom stereocenters. The fraction of sp³-hybridized carbons (Fsp3) is 0.250. The Kier molecular flexibility index (Phi) is 2.83. The van der Waals surface area contributed by atoms with Gasteiger partial charge in [0.1, 0.15) is 0 Å². The van der Waals surface area contributed by atoms with Crippen LogP contribution in [0.2, 0.25) is 0 Å². The minimum absolute atomic E-state index is 0.862. The van der Waals surface area contributed by atoms with E-state index >= 15 is 0 Å². The van der Waals surface area contributed by atoms with Crippen molar-refractivity contribution in [1.29, 1.82) is 0 Å². The average molecular weight is 255 g/mol. The minimum Gasteiger partial charge on any atom is -0.340 e. The molecule has 3 rings (SSSR count). The van der Waals surface area contributed by atoms with Crippen molar-refractivity contribution >= 4 is 34.4 Å². The maximum absolute atomic E-state index is 4.39. The molecule has 0 amide bonds. The lowest BCUT2D eigenvalue weighted by atomic mass is 10.1. The maximum atomic E-state index is 4.39. The first kappa shape index (κ1) is 11.7. The zero-order valence-corrected chi connectivity index (χ0v) is 11.7. The van der Waals surface area contributed by atoms with Crippen LogP contribution in [0.3, 0.4) is 0 Å². The van der Waals surface area contributed by atoms with E-state index in [0.717, 1.165) is 12.3 Å². The molecule has 18 heavy (non-hydrogen) atoms. The van der Waals surface area contributed by atoms with Gasteiger partial charge < -0.3 is 4.57 Å². The molecule has 0 atom stereocenters. The van der Waals surface area contributed by atoms with Gasteiger partial charge in [0.25, 0.3) is 0 Å². The van der Waals surface area contributed by atoms with E-state index in [1.165, 1.54) is 32.9 Å². The van der Waals surface area contributed by atoms with Crippen LogP contribution in [-0.4, -0.2) is 10.3 Å². The Bertz CT molecular complexity index is 665. The molecule has 0 aliphatic rings. The molecule has 0 spiro atoms. The molecule has 0 saturated heterocycles. The van der Waals surface area contributed by atoms with Gasteiger partial charge in [0, 0.05) is 34.1 Å². The number of aromatic nitrogens is 1. The largest absolute Gasteiger partial charge is 0.340 e. The van der Waals surface area contributed by atoms with Crippen LogP contribution in [0.15, 0.2) is 36.4 Å². The lowest BCUT2D eigenvalue weighted by Crippen LogP contribution is -1.98. The van der Waals surface area contributed by atoms with Gasteiger partial charge in [0.05, 0.1) is 0 Å². The van der Waals surface area contributed by atoms with Gasteiger partial charge in [-0.2, -0.15) is 12.6 Å². The van der Waals surface area contributed by atoms with E-state index in [0.29, 0.717) is 0 Å². The van der Waals surface area contributed by atoms with E-state index in [9.17, 15) is 0 Å².